The molecule has 2 aliphatic rings. The average molecular weight is 410 g/mol. The number of nitrogens with zero attached hydrogens (tertiary/aromatic N) is 2. The van der Waals surface area contributed by atoms with Crippen molar-refractivity contribution in [1.29, 1.82) is 0 Å². The molecule has 148 valence electrons. The molecule has 1 aromatic rings. The van der Waals surface area contributed by atoms with Crippen molar-refractivity contribution in [1.82, 2.24) is 15.1 Å². The van der Waals surface area contributed by atoms with Crippen LogP contribution in [-0.4, -0.2) is 55.0 Å². The smallest absolute Gasteiger partial charge is 0.227 e. The van der Waals surface area contributed by atoms with E-state index in [-0.39, 0.29) is 42.7 Å². The van der Waals surface area contributed by atoms with E-state index in [0.717, 1.165) is 45.1 Å². The predicted octanol–water partition coefficient (Wildman–Crippen LogP) is 3.01. The number of piperazine rings is 1. The Kier molecular flexibility index (Phi) is 9.24. The van der Waals surface area contributed by atoms with E-state index in [1.807, 2.05) is 11.8 Å². The van der Waals surface area contributed by atoms with Gasteiger partial charge in [-0.3, -0.25) is 9.69 Å². The van der Waals surface area contributed by atoms with E-state index in [2.05, 4.69) is 10.2 Å². The summed E-state index contributed by atoms with van der Waals surface area (Å²) >= 11 is 0. The molecule has 2 atom stereocenters. The molecule has 8 heteroatoms. The van der Waals surface area contributed by atoms with Crippen molar-refractivity contribution in [3.05, 3.63) is 35.4 Å². The Morgan fingerprint density at radius 3 is 2.46 bits per heavy atom. The van der Waals surface area contributed by atoms with E-state index >= 15 is 0 Å². The Bertz CT molecular complexity index is 592. The van der Waals surface area contributed by atoms with Gasteiger partial charge in [-0.15, -0.1) is 24.8 Å². The molecule has 2 saturated heterocycles. The van der Waals surface area contributed by atoms with Crippen LogP contribution in [0.1, 0.15) is 31.4 Å². The van der Waals surface area contributed by atoms with Crippen LogP contribution in [0.3, 0.4) is 0 Å². The van der Waals surface area contributed by atoms with Gasteiger partial charge in [-0.05, 0) is 25.5 Å². The van der Waals surface area contributed by atoms with Gasteiger partial charge in [-0.1, -0.05) is 13.0 Å². The fourth-order valence-corrected chi connectivity index (χ4v) is 3.82. The number of amides is 1. The highest BCUT2D eigenvalue weighted by molar-refractivity contribution is 5.85. The van der Waals surface area contributed by atoms with Gasteiger partial charge in [0.2, 0.25) is 5.91 Å². The summed E-state index contributed by atoms with van der Waals surface area (Å²) in [6.07, 6.45) is 1.67. The molecule has 2 fully saturated rings. The lowest BCUT2D eigenvalue weighted by Gasteiger charge is -2.40. The monoisotopic (exact) mass is 409 g/mol. The number of carbonyl (C=O) groups excluding carboxylic acids is 1. The first kappa shape index (κ1) is 23.1. The van der Waals surface area contributed by atoms with Crippen LogP contribution < -0.4 is 5.32 Å². The second-order valence-corrected chi connectivity index (χ2v) is 6.64. The molecule has 0 bridgehead atoms. The number of benzene rings is 1. The Balaban J connectivity index is 0.00000169. The van der Waals surface area contributed by atoms with Crippen LogP contribution in [0.25, 0.3) is 0 Å². The predicted molar refractivity (Wildman–Crippen MR) is 103 cm³/mol. The van der Waals surface area contributed by atoms with Crippen LogP contribution in [0.15, 0.2) is 18.2 Å². The molecule has 2 heterocycles. The van der Waals surface area contributed by atoms with E-state index in [0.29, 0.717) is 18.7 Å². The molecule has 3 rings (SSSR count). The van der Waals surface area contributed by atoms with Gasteiger partial charge in [0.1, 0.15) is 11.6 Å². The van der Waals surface area contributed by atoms with Crippen LogP contribution in [0.2, 0.25) is 0 Å². The maximum atomic E-state index is 14.1. The molecule has 1 amide bonds. The zero-order valence-electron chi connectivity index (χ0n) is 14.9. The molecule has 0 radical (unpaired) electrons. The minimum Gasteiger partial charge on any atom is -0.340 e. The van der Waals surface area contributed by atoms with Crippen LogP contribution in [0.4, 0.5) is 8.78 Å². The van der Waals surface area contributed by atoms with Gasteiger partial charge in [0, 0.05) is 50.4 Å². The lowest BCUT2D eigenvalue weighted by Crippen LogP contribution is -2.51. The molecule has 26 heavy (non-hydrogen) atoms. The molecular weight excluding hydrogens is 383 g/mol. The molecule has 0 spiro atoms. The van der Waals surface area contributed by atoms with Gasteiger partial charge in [-0.25, -0.2) is 8.78 Å². The molecular formula is C18H27Cl2F2N3O. The van der Waals surface area contributed by atoms with Crippen molar-refractivity contribution in [2.24, 2.45) is 5.92 Å². The van der Waals surface area contributed by atoms with Crippen molar-refractivity contribution in [2.75, 3.05) is 39.3 Å². The third-order valence-corrected chi connectivity index (χ3v) is 5.18. The summed E-state index contributed by atoms with van der Waals surface area (Å²) in [6.45, 7) is 6.50. The lowest BCUT2D eigenvalue weighted by atomic mass is 10.0. The van der Waals surface area contributed by atoms with E-state index in [9.17, 15) is 13.6 Å². The third kappa shape index (κ3) is 5.06. The Labute approximate surface area is 166 Å². The Morgan fingerprint density at radius 1 is 1.23 bits per heavy atom. The Hall–Kier alpha value is -0.950. The molecule has 0 aliphatic carbocycles. The number of carbonyl (C=O) groups is 1. The van der Waals surface area contributed by atoms with E-state index in [1.165, 1.54) is 6.07 Å². The molecule has 0 saturated carbocycles. The normalized spacial score (nSPS) is 21.7. The third-order valence-electron chi connectivity index (χ3n) is 5.18. The Morgan fingerprint density at radius 2 is 1.92 bits per heavy atom. The summed E-state index contributed by atoms with van der Waals surface area (Å²) in [5, 5.41) is 3.23. The number of hydrogen-bond donors (Lipinski definition) is 1. The van der Waals surface area contributed by atoms with Gasteiger partial charge in [-0.2, -0.15) is 0 Å². The van der Waals surface area contributed by atoms with Crippen molar-refractivity contribution in [2.45, 2.75) is 25.8 Å². The first-order valence-electron chi connectivity index (χ1n) is 8.78. The van der Waals surface area contributed by atoms with Crippen molar-refractivity contribution in [3.8, 4) is 0 Å². The van der Waals surface area contributed by atoms with Gasteiger partial charge in [0.25, 0.3) is 0 Å². The van der Waals surface area contributed by atoms with Crippen molar-refractivity contribution >= 4 is 30.7 Å². The number of halogens is 4. The van der Waals surface area contributed by atoms with Gasteiger partial charge in [0.15, 0.2) is 0 Å². The second kappa shape index (κ2) is 10.4. The first-order chi connectivity index (χ1) is 11.6. The van der Waals surface area contributed by atoms with E-state index < -0.39 is 11.6 Å². The minimum atomic E-state index is -0.549. The van der Waals surface area contributed by atoms with E-state index in [1.54, 1.807) is 6.07 Å². The molecule has 2 unspecified atom stereocenters. The minimum absolute atomic E-state index is 0. The van der Waals surface area contributed by atoms with Crippen molar-refractivity contribution < 1.29 is 13.6 Å². The van der Waals surface area contributed by atoms with Gasteiger partial charge < -0.3 is 10.2 Å². The van der Waals surface area contributed by atoms with Gasteiger partial charge in [0.05, 0.1) is 5.92 Å². The molecule has 4 nitrogen and oxygen atoms in total. The van der Waals surface area contributed by atoms with Gasteiger partial charge >= 0.3 is 0 Å². The molecule has 2 aliphatic heterocycles. The summed E-state index contributed by atoms with van der Waals surface area (Å²) in [5.41, 5.74) is 0.540. The van der Waals surface area contributed by atoms with Crippen LogP contribution in [0.5, 0.6) is 0 Å². The molecule has 1 aromatic carbocycles. The first-order valence-corrected chi connectivity index (χ1v) is 8.78. The summed E-state index contributed by atoms with van der Waals surface area (Å²) < 4.78 is 27.3. The number of nitrogens with one attached hydrogen (secondary N) is 1. The lowest BCUT2D eigenvalue weighted by molar-refractivity contribution is -0.137. The second-order valence-electron chi connectivity index (χ2n) is 6.64. The highest BCUT2D eigenvalue weighted by Crippen LogP contribution is 2.28. The summed E-state index contributed by atoms with van der Waals surface area (Å²) in [6, 6.07) is 3.73. The number of rotatable bonds is 4. The quantitative estimate of drug-likeness (QED) is 0.829. The highest BCUT2D eigenvalue weighted by atomic mass is 35.5. The molecule has 0 aromatic heterocycles. The maximum Gasteiger partial charge on any atom is 0.227 e. The largest absolute Gasteiger partial charge is 0.340 e. The summed E-state index contributed by atoms with van der Waals surface area (Å²) in [4.78, 5) is 16.6. The zero-order chi connectivity index (χ0) is 17.1. The van der Waals surface area contributed by atoms with Crippen LogP contribution in [0, 0.1) is 17.6 Å². The highest BCUT2D eigenvalue weighted by Gasteiger charge is 2.31. The summed E-state index contributed by atoms with van der Waals surface area (Å²) in [7, 11) is 0. The zero-order valence-corrected chi connectivity index (χ0v) is 16.6. The average Bonchev–Trinajstić information content (AvgIpc) is 3.12. The van der Waals surface area contributed by atoms with E-state index in [4.69, 9.17) is 0 Å². The topological polar surface area (TPSA) is 35.6 Å². The fraction of sp³-hybridized carbons (Fsp3) is 0.611. The standard InChI is InChI=1S/C18H25F2N3O.2ClH/c1-2-17(15-4-3-14(19)11-16(15)20)22-7-9-23(10-8-22)18(24)13-5-6-21-12-13;;/h3-4,11,13,17,21H,2,5-10,12H2,1H3;2*1H. The van der Waals surface area contributed by atoms with Crippen LogP contribution in [-0.2, 0) is 4.79 Å². The summed E-state index contributed by atoms with van der Waals surface area (Å²) in [5.74, 6) is -0.696. The van der Waals surface area contributed by atoms with Crippen molar-refractivity contribution in [3.63, 3.8) is 0 Å². The van der Waals surface area contributed by atoms with Crippen LogP contribution >= 0.6 is 24.8 Å². The number of hydrogen-bond acceptors (Lipinski definition) is 3. The maximum absolute atomic E-state index is 14.1. The fourth-order valence-electron chi connectivity index (χ4n) is 3.82. The molecule has 1 N–H and O–H groups in total. The SMILES string of the molecule is CCC(c1ccc(F)cc1F)N1CCN(C(=O)C2CCNC2)CC1.Cl.Cl.